The summed E-state index contributed by atoms with van der Waals surface area (Å²) in [6, 6.07) is 11.4. The molecule has 1 saturated heterocycles. The van der Waals surface area contributed by atoms with Gasteiger partial charge in [0.25, 0.3) is 0 Å². The Bertz CT molecular complexity index is 700. The number of hydrogen-bond donors (Lipinski definition) is 1. The highest BCUT2D eigenvalue weighted by molar-refractivity contribution is 9.10. The summed E-state index contributed by atoms with van der Waals surface area (Å²) in [5, 5.41) is 2.91. The van der Waals surface area contributed by atoms with E-state index in [-0.39, 0.29) is 24.2 Å². The highest BCUT2D eigenvalue weighted by Gasteiger charge is 2.34. The lowest BCUT2D eigenvalue weighted by Gasteiger charge is -2.15. The quantitative estimate of drug-likeness (QED) is 0.872. The highest BCUT2D eigenvalue weighted by atomic mass is 79.9. The molecule has 1 N–H and O–H groups in total. The van der Waals surface area contributed by atoms with E-state index >= 15 is 0 Å². The van der Waals surface area contributed by atoms with Crippen molar-refractivity contribution in [2.45, 2.75) is 19.5 Å². The van der Waals surface area contributed by atoms with Crippen LogP contribution in [0.25, 0.3) is 0 Å². The van der Waals surface area contributed by atoms with E-state index in [0.29, 0.717) is 19.6 Å². The molecule has 0 bridgehead atoms. The summed E-state index contributed by atoms with van der Waals surface area (Å²) < 4.78 is 6.23. The molecule has 0 radical (unpaired) electrons. The molecule has 3 rings (SSSR count). The average molecular weight is 377 g/mol. The van der Waals surface area contributed by atoms with Gasteiger partial charge in [0.05, 0.1) is 18.7 Å². The summed E-state index contributed by atoms with van der Waals surface area (Å²) in [6.45, 7) is 1.31. The van der Waals surface area contributed by atoms with Crippen LogP contribution in [0, 0.1) is 5.92 Å². The van der Waals surface area contributed by atoms with Crippen LogP contribution in [0.5, 0.6) is 0 Å². The van der Waals surface area contributed by atoms with Gasteiger partial charge in [0.15, 0.2) is 0 Å². The van der Waals surface area contributed by atoms with Crippen molar-refractivity contribution in [3.63, 3.8) is 0 Å². The summed E-state index contributed by atoms with van der Waals surface area (Å²) >= 11 is 3.41. The van der Waals surface area contributed by atoms with Crippen molar-refractivity contribution in [1.82, 2.24) is 10.2 Å². The van der Waals surface area contributed by atoms with E-state index in [1.807, 2.05) is 30.3 Å². The Morgan fingerprint density at radius 1 is 1.35 bits per heavy atom. The Hall–Kier alpha value is -2.08. The second kappa shape index (κ2) is 7.00. The Kier molecular flexibility index (Phi) is 4.81. The topological polar surface area (TPSA) is 62.6 Å². The van der Waals surface area contributed by atoms with Crippen LogP contribution in [0.15, 0.2) is 51.6 Å². The van der Waals surface area contributed by atoms with E-state index in [2.05, 4.69) is 21.2 Å². The molecule has 1 aromatic carbocycles. The van der Waals surface area contributed by atoms with Gasteiger partial charge in [-0.1, -0.05) is 28.1 Å². The number of carbonyl (C=O) groups is 2. The molecule has 1 aliphatic rings. The zero-order valence-electron chi connectivity index (χ0n) is 12.5. The van der Waals surface area contributed by atoms with E-state index in [1.54, 1.807) is 17.2 Å². The average Bonchev–Trinajstić information content (AvgIpc) is 3.16. The number of rotatable bonds is 5. The van der Waals surface area contributed by atoms with Crippen molar-refractivity contribution in [3.8, 4) is 0 Å². The number of halogens is 1. The van der Waals surface area contributed by atoms with E-state index in [9.17, 15) is 9.59 Å². The maximum atomic E-state index is 12.3. The first kappa shape index (κ1) is 15.8. The minimum Gasteiger partial charge on any atom is -0.467 e. The zero-order chi connectivity index (χ0) is 16.2. The van der Waals surface area contributed by atoms with Crippen LogP contribution in [0.2, 0.25) is 0 Å². The molecule has 6 heteroatoms. The zero-order valence-corrected chi connectivity index (χ0v) is 14.1. The molecule has 1 fully saturated rings. The summed E-state index contributed by atoms with van der Waals surface area (Å²) in [4.78, 5) is 26.0. The van der Waals surface area contributed by atoms with Gasteiger partial charge in [-0.15, -0.1) is 0 Å². The lowest BCUT2D eigenvalue weighted by molar-refractivity contribution is -0.129. The second-order valence-electron chi connectivity index (χ2n) is 5.60. The van der Waals surface area contributed by atoms with Gasteiger partial charge in [0, 0.05) is 24.0 Å². The van der Waals surface area contributed by atoms with Crippen LogP contribution in [0.4, 0.5) is 0 Å². The Labute approximate surface area is 142 Å². The normalized spacial score (nSPS) is 17.5. The van der Waals surface area contributed by atoms with Crippen LogP contribution in [-0.2, 0) is 22.7 Å². The molecule has 2 aromatic rings. The van der Waals surface area contributed by atoms with Crippen molar-refractivity contribution in [1.29, 1.82) is 0 Å². The smallest absolute Gasteiger partial charge is 0.225 e. The molecule has 1 atom stereocenters. The molecule has 23 heavy (non-hydrogen) atoms. The van der Waals surface area contributed by atoms with Gasteiger partial charge < -0.3 is 14.6 Å². The molecule has 1 aliphatic heterocycles. The number of nitrogens with zero attached hydrogens (tertiary/aromatic N) is 1. The first-order chi connectivity index (χ1) is 11.1. The number of likely N-dealkylation sites (tertiary alicyclic amines) is 1. The van der Waals surface area contributed by atoms with Gasteiger partial charge in [-0.2, -0.15) is 0 Å². The molecule has 120 valence electrons. The number of hydrogen-bond acceptors (Lipinski definition) is 3. The number of benzene rings is 1. The van der Waals surface area contributed by atoms with Crippen LogP contribution in [0.1, 0.15) is 17.7 Å². The number of carbonyl (C=O) groups excluding carboxylic acids is 2. The maximum Gasteiger partial charge on any atom is 0.225 e. The highest BCUT2D eigenvalue weighted by Crippen LogP contribution is 2.21. The summed E-state index contributed by atoms with van der Waals surface area (Å²) in [5.41, 5.74) is 1.02. The van der Waals surface area contributed by atoms with Gasteiger partial charge in [-0.25, -0.2) is 0 Å². The summed E-state index contributed by atoms with van der Waals surface area (Å²) in [7, 11) is 0. The van der Waals surface area contributed by atoms with Gasteiger partial charge in [0.1, 0.15) is 5.76 Å². The van der Waals surface area contributed by atoms with Crippen molar-refractivity contribution in [2.75, 3.05) is 6.54 Å². The number of amides is 2. The molecule has 0 saturated carbocycles. The van der Waals surface area contributed by atoms with Gasteiger partial charge in [-0.3, -0.25) is 9.59 Å². The third-order valence-electron chi connectivity index (χ3n) is 3.87. The molecule has 0 spiro atoms. The van der Waals surface area contributed by atoms with Crippen LogP contribution in [0.3, 0.4) is 0 Å². The van der Waals surface area contributed by atoms with Crippen LogP contribution < -0.4 is 5.32 Å². The number of nitrogens with one attached hydrogen (secondary N) is 1. The lowest BCUT2D eigenvalue weighted by Crippen LogP contribution is -2.32. The fourth-order valence-electron chi connectivity index (χ4n) is 2.67. The monoisotopic (exact) mass is 376 g/mol. The molecule has 2 heterocycles. The Balaban J connectivity index is 1.53. The predicted octanol–water partition coefficient (Wildman–Crippen LogP) is 2.71. The van der Waals surface area contributed by atoms with E-state index < -0.39 is 0 Å². The molecular weight excluding hydrogens is 360 g/mol. The first-order valence-electron chi connectivity index (χ1n) is 7.44. The van der Waals surface area contributed by atoms with E-state index in [1.165, 1.54) is 0 Å². The first-order valence-corrected chi connectivity index (χ1v) is 8.23. The second-order valence-corrected chi connectivity index (χ2v) is 6.52. The van der Waals surface area contributed by atoms with Crippen molar-refractivity contribution >= 4 is 27.7 Å². The third kappa shape index (κ3) is 4.01. The maximum absolute atomic E-state index is 12.3. The Morgan fingerprint density at radius 2 is 2.22 bits per heavy atom. The van der Waals surface area contributed by atoms with Crippen LogP contribution in [-0.4, -0.2) is 23.3 Å². The fraction of sp³-hybridized carbons (Fsp3) is 0.294. The predicted molar refractivity (Wildman–Crippen MR) is 88.2 cm³/mol. The van der Waals surface area contributed by atoms with Crippen molar-refractivity contribution in [3.05, 3.63) is 58.5 Å². The molecule has 0 aliphatic carbocycles. The molecule has 2 amide bonds. The lowest BCUT2D eigenvalue weighted by atomic mass is 10.1. The largest absolute Gasteiger partial charge is 0.467 e. The molecule has 1 unspecified atom stereocenters. The summed E-state index contributed by atoms with van der Waals surface area (Å²) in [6.07, 6.45) is 1.84. The van der Waals surface area contributed by atoms with Gasteiger partial charge in [-0.05, 0) is 29.8 Å². The Morgan fingerprint density at radius 3 is 2.96 bits per heavy atom. The molecule has 5 nitrogen and oxygen atoms in total. The van der Waals surface area contributed by atoms with E-state index in [4.69, 9.17) is 4.42 Å². The SMILES string of the molecule is O=C(NCc1cccc(Br)c1)C1CC(=O)N(Cc2ccco2)C1. The fourth-order valence-corrected chi connectivity index (χ4v) is 3.12. The summed E-state index contributed by atoms with van der Waals surface area (Å²) in [5.74, 6) is 0.336. The van der Waals surface area contributed by atoms with E-state index in [0.717, 1.165) is 15.8 Å². The molecular formula is C17H17BrN2O3. The minimum atomic E-state index is -0.301. The number of furan rings is 1. The van der Waals surface area contributed by atoms with Crippen molar-refractivity contribution in [2.24, 2.45) is 5.92 Å². The molecule has 1 aromatic heterocycles. The minimum absolute atomic E-state index is 0.0102. The third-order valence-corrected chi connectivity index (χ3v) is 4.36. The standard InChI is InChI=1S/C17H17BrN2O3/c18-14-4-1-3-12(7-14)9-19-17(22)13-8-16(21)20(10-13)11-15-5-2-6-23-15/h1-7,13H,8-11H2,(H,19,22). The van der Waals surface area contributed by atoms with Gasteiger partial charge in [0.2, 0.25) is 11.8 Å². The van der Waals surface area contributed by atoms with Gasteiger partial charge >= 0.3 is 0 Å². The van der Waals surface area contributed by atoms with Crippen molar-refractivity contribution < 1.29 is 14.0 Å². The van der Waals surface area contributed by atoms with Crippen LogP contribution >= 0.6 is 15.9 Å².